The number of amides is 2. The quantitative estimate of drug-likeness (QED) is 0.373. The van der Waals surface area contributed by atoms with E-state index in [0.717, 1.165) is 34.3 Å². The summed E-state index contributed by atoms with van der Waals surface area (Å²) in [6.07, 6.45) is 1.24. The Kier molecular flexibility index (Phi) is 7.77. The topological polar surface area (TPSA) is 85.2 Å². The van der Waals surface area contributed by atoms with E-state index >= 15 is 0 Å². The number of hydrogen-bond donors (Lipinski definition) is 2. The minimum absolute atomic E-state index is 0.0911. The van der Waals surface area contributed by atoms with Crippen molar-refractivity contribution in [1.29, 1.82) is 0 Å². The van der Waals surface area contributed by atoms with E-state index in [9.17, 15) is 9.59 Å². The maximum absolute atomic E-state index is 12.8. The molecule has 0 bridgehead atoms. The number of imidazole rings is 1. The molecule has 0 fully saturated rings. The Balaban J connectivity index is 1.28. The van der Waals surface area contributed by atoms with E-state index in [-0.39, 0.29) is 18.4 Å². The van der Waals surface area contributed by atoms with Crippen LogP contribution in [-0.2, 0) is 29.2 Å². The first-order valence-corrected chi connectivity index (χ1v) is 11.7. The van der Waals surface area contributed by atoms with Gasteiger partial charge in [-0.05, 0) is 34.7 Å². The number of carbonyl (C=O) groups is 2. The minimum atomic E-state index is -0.688. The molecule has 2 N–H and O–H groups in total. The van der Waals surface area contributed by atoms with E-state index < -0.39 is 12.1 Å². The van der Waals surface area contributed by atoms with Crippen molar-refractivity contribution in [2.75, 3.05) is 0 Å². The number of benzene rings is 3. The Hall–Kier alpha value is -4.13. The van der Waals surface area contributed by atoms with Gasteiger partial charge in [0, 0.05) is 13.1 Å². The van der Waals surface area contributed by atoms with Crippen molar-refractivity contribution in [3.8, 4) is 0 Å². The number of para-hydroxylation sites is 2. The maximum atomic E-state index is 12.8. The predicted octanol–water partition coefficient (Wildman–Crippen LogP) is 4.65. The fourth-order valence-electron chi connectivity index (χ4n) is 3.82. The van der Waals surface area contributed by atoms with Gasteiger partial charge in [0.25, 0.3) is 0 Å². The molecule has 0 aliphatic rings. The standard InChI is InChI=1S/C28H30N4O3/c1-20(2)26(31-28(34)35-18-23-8-4-3-5-9-23)27(33)29-16-21-12-14-22(15-13-21)17-32-19-30-24-10-6-7-11-25(24)32/h3-15,19-20,26H,16-18H2,1-2H3,(H,29,33)(H,31,34)/t26-/m0/s1. The maximum Gasteiger partial charge on any atom is 0.408 e. The van der Waals surface area contributed by atoms with E-state index in [1.807, 2.05) is 80.8 Å². The highest BCUT2D eigenvalue weighted by Gasteiger charge is 2.24. The van der Waals surface area contributed by atoms with Gasteiger partial charge in [0.05, 0.1) is 17.4 Å². The number of alkyl carbamates (subject to hydrolysis) is 1. The molecule has 7 nitrogen and oxygen atoms in total. The molecule has 0 saturated carbocycles. The van der Waals surface area contributed by atoms with Crippen LogP contribution in [-0.4, -0.2) is 27.6 Å². The number of aromatic nitrogens is 2. The molecular formula is C28H30N4O3. The Bertz CT molecular complexity index is 1270. The van der Waals surface area contributed by atoms with E-state index in [2.05, 4.69) is 38.4 Å². The molecule has 3 aromatic carbocycles. The molecule has 0 aliphatic heterocycles. The lowest BCUT2D eigenvalue weighted by atomic mass is 10.0. The zero-order valence-corrected chi connectivity index (χ0v) is 20.0. The van der Waals surface area contributed by atoms with Crippen molar-refractivity contribution in [3.05, 3.63) is 102 Å². The molecule has 0 unspecified atom stereocenters. The van der Waals surface area contributed by atoms with Crippen LogP contribution in [0.15, 0.2) is 85.2 Å². The third-order valence-corrected chi connectivity index (χ3v) is 5.81. The monoisotopic (exact) mass is 470 g/mol. The van der Waals surface area contributed by atoms with Gasteiger partial charge in [-0.25, -0.2) is 9.78 Å². The number of nitrogens with one attached hydrogen (secondary N) is 2. The van der Waals surface area contributed by atoms with E-state index in [1.54, 1.807) is 0 Å². The molecule has 4 rings (SSSR count). The molecule has 35 heavy (non-hydrogen) atoms. The molecule has 1 atom stereocenters. The van der Waals surface area contributed by atoms with Crippen molar-refractivity contribution in [2.24, 2.45) is 5.92 Å². The van der Waals surface area contributed by atoms with Crippen LogP contribution < -0.4 is 10.6 Å². The van der Waals surface area contributed by atoms with Gasteiger partial charge in [-0.1, -0.05) is 80.6 Å². The first-order chi connectivity index (χ1) is 17.0. The van der Waals surface area contributed by atoms with E-state index in [1.165, 1.54) is 0 Å². The summed E-state index contributed by atoms with van der Waals surface area (Å²) < 4.78 is 7.38. The van der Waals surface area contributed by atoms with Gasteiger partial charge in [0.15, 0.2) is 0 Å². The van der Waals surface area contributed by atoms with Crippen molar-refractivity contribution in [3.63, 3.8) is 0 Å². The number of ether oxygens (including phenoxy) is 1. The summed E-state index contributed by atoms with van der Waals surface area (Å²) >= 11 is 0. The molecule has 1 aromatic heterocycles. The number of carbonyl (C=O) groups excluding carboxylic acids is 2. The largest absolute Gasteiger partial charge is 0.445 e. The van der Waals surface area contributed by atoms with Gasteiger partial charge in [0.1, 0.15) is 12.6 Å². The molecule has 0 spiro atoms. The van der Waals surface area contributed by atoms with Crippen LogP contribution in [0, 0.1) is 5.92 Å². The van der Waals surface area contributed by atoms with Crippen molar-refractivity contribution >= 4 is 23.0 Å². The minimum Gasteiger partial charge on any atom is -0.445 e. The first-order valence-electron chi connectivity index (χ1n) is 11.7. The van der Waals surface area contributed by atoms with Gasteiger partial charge < -0.3 is 19.9 Å². The zero-order chi connectivity index (χ0) is 24.6. The Morgan fingerprint density at radius 1 is 0.886 bits per heavy atom. The lowest BCUT2D eigenvalue weighted by molar-refractivity contribution is -0.124. The molecule has 180 valence electrons. The van der Waals surface area contributed by atoms with Crippen molar-refractivity contribution < 1.29 is 14.3 Å². The second-order valence-electron chi connectivity index (χ2n) is 8.82. The molecule has 2 amide bonds. The number of fused-ring (bicyclic) bond motifs is 1. The Morgan fingerprint density at radius 3 is 2.31 bits per heavy atom. The highest BCUT2D eigenvalue weighted by Crippen LogP contribution is 2.15. The van der Waals surface area contributed by atoms with Gasteiger partial charge in [-0.3, -0.25) is 4.79 Å². The lowest BCUT2D eigenvalue weighted by Crippen LogP contribution is -2.49. The molecule has 4 aromatic rings. The van der Waals surface area contributed by atoms with Crippen LogP contribution in [0.3, 0.4) is 0 Å². The second kappa shape index (κ2) is 11.3. The third-order valence-electron chi connectivity index (χ3n) is 5.81. The van der Waals surface area contributed by atoms with Crippen LogP contribution in [0.5, 0.6) is 0 Å². The third kappa shape index (κ3) is 6.47. The van der Waals surface area contributed by atoms with E-state index in [0.29, 0.717) is 6.54 Å². The summed E-state index contributed by atoms with van der Waals surface area (Å²) in [5.74, 6) is -0.336. The van der Waals surface area contributed by atoms with Crippen LogP contribution >= 0.6 is 0 Å². The summed E-state index contributed by atoms with van der Waals surface area (Å²) in [6.45, 7) is 5.02. The number of nitrogens with zero attached hydrogens (tertiary/aromatic N) is 2. The van der Waals surface area contributed by atoms with Crippen LogP contribution in [0.2, 0.25) is 0 Å². The zero-order valence-electron chi connectivity index (χ0n) is 20.0. The van der Waals surface area contributed by atoms with Crippen LogP contribution in [0.1, 0.15) is 30.5 Å². The second-order valence-corrected chi connectivity index (χ2v) is 8.82. The predicted molar refractivity (Wildman–Crippen MR) is 136 cm³/mol. The lowest BCUT2D eigenvalue weighted by Gasteiger charge is -2.21. The summed E-state index contributed by atoms with van der Waals surface area (Å²) in [6, 6.07) is 24.9. The highest BCUT2D eigenvalue weighted by atomic mass is 16.5. The molecule has 0 aliphatic carbocycles. The molecule has 7 heteroatoms. The van der Waals surface area contributed by atoms with Gasteiger partial charge in [-0.15, -0.1) is 0 Å². The smallest absolute Gasteiger partial charge is 0.408 e. The van der Waals surface area contributed by atoms with Crippen LogP contribution in [0.4, 0.5) is 4.79 Å². The van der Waals surface area contributed by atoms with Gasteiger partial charge >= 0.3 is 6.09 Å². The fraction of sp³-hybridized carbons (Fsp3) is 0.250. The molecular weight excluding hydrogens is 440 g/mol. The number of rotatable bonds is 9. The summed E-state index contributed by atoms with van der Waals surface area (Å²) in [5, 5.41) is 5.61. The normalized spacial score (nSPS) is 11.9. The summed E-state index contributed by atoms with van der Waals surface area (Å²) in [7, 11) is 0. The van der Waals surface area contributed by atoms with Crippen molar-refractivity contribution in [1.82, 2.24) is 20.2 Å². The van der Waals surface area contributed by atoms with Crippen LogP contribution in [0.25, 0.3) is 11.0 Å². The summed E-state index contributed by atoms with van der Waals surface area (Å²) in [5.41, 5.74) is 5.08. The van der Waals surface area contributed by atoms with Gasteiger partial charge in [0.2, 0.25) is 5.91 Å². The molecule has 0 saturated heterocycles. The Morgan fingerprint density at radius 2 is 1.57 bits per heavy atom. The fourth-order valence-corrected chi connectivity index (χ4v) is 3.82. The molecule has 1 heterocycles. The summed E-state index contributed by atoms with van der Waals surface area (Å²) in [4.78, 5) is 29.5. The first kappa shape index (κ1) is 24.0. The van der Waals surface area contributed by atoms with Crippen molar-refractivity contribution in [2.45, 2.75) is 39.6 Å². The van der Waals surface area contributed by atoms with E-state index in [4.69, 9.17) is 4.74 Å². The highest BCUT2D eigenvalue weighted by molar-refractivity contribution is 5.85. The Labute approximate surface area is 205 Å². The molecule has 0 radical (unpaired) electrons. The average Bonchev–Trinajstić information content (AvgIpc) is 3.28. The van der Waals surface area contributed by atoms with Gasteiger partial charge in [-0.2, -0.15) is 0 Å². The average molecular weight is 471 g/mol. The number of hydrogen-bond acceptors (Lipinski definition) is 4. The SMILES string of the molecule is CC(C)[C@H](NC(=O)OCc1ccccc1)C(=O)NCc1ccc(Cn2cnc3ccccc32)cc1.